The molecule has 1 aliphatic carbocycles. The van der Waals surface area contributed by atoms with Gasteiger partial charge in [-0.05, 0) is 96.5 Å². The molecule has 0 radical (unpaired) electrons. The zero-order chi connectivity index (χ0) is 40.0. The van der Waals surface area contributed by atoms with Crippen molar-refractivity contribution in [1.82, 2.24) is 0 Å². The number of hydrogen-bond acceptors (Lipinski definition) is 5. The van der Waals surface area contributed by atoms with Gasteiger partial charge in [0.05, 0.1) is 17.3 Å². The first kappa shape index (κ1) is 34.3. The third kappa shape index (κ3) is 5.43. The number of aliphatic imine (C=N–C) groups is 1. The van der Waals surface area contributed by atoms with Crippen molar-refractivity contribution in [2.45, 2.75) is 25.7 Å². The van der Waals surface area contributed by atoms with Crippen LogP contribution in [0.3, 0.4) is 0 Å². The fourth-order valence-electron chi connectivity index (χ4n) is 9.85. The minimum Gasteiger partial charge on any atom is -0.458 e. The maximum atomic E-state index is 7.00. The number of fused-ring (bicyclic) bond motifs is 11. The molecule has 1 atom stereocenters. The third-order valence-electron chi connectivity index (χ3n) is 12.8. The topological polar surface area (TPSA) is 61.0 Å². The largest absolute Gasteiger partial charge is 0.458 e. The molecule has 3 aliphatic rings. The van der Waals surface area contributed by atoms with Gasteiger partial charge in [0.2, 0.25) is 0 Å². The van der Waals surface area contributed by atoms with Crippen LogP contribution >= 0.6 is 0 Å². The summed E-state index contributed by atoms with van der Waals surface area (Å²) in [4.78, 5) is 5.74. The molecule has 290 valence electrons. The van der Waals surface area contributed by atoms with Crippen LogP contribution in [0.15, 0.2) is 205 Å². The van der Waals surface area contributed by atoms with Crippen molar-refractivity contribution >= 4 is 82.7 Å². The van der Waals surface area contributed by atoms with Gasteiger partial charge in [0.1, 0.15) is 39.3 Å². The highest BCUT2D eigenvalue weighted by Gasteiger charge is 2.38. The number of para-hydroxylation sites is 4. The predicted octanol–water partition coefficient (Wildman–Crippen LogP) is 15.3. The van der Waals surface area contributed by atoms with Crippen molar-refractivity contribution in [3.8, 4) is 11.1 Å². The lowest BCUT2D eigenvalue weighted by Gasteiger charge is -2.19. The summed E-state index contributed by atoms with van der Waals surface area (Å²) < 4.78 is 26.6. The minimum absolute atomic E-state index is 0.0521. The summed E-state index contributed by atoms with van der Waals surface area (Å²) in [5.74, 6) is 1.67. The van der Waals surface area contributed by atoms with Crippen molar-refractivity contribution in [2.24, 2.45) is 10.9 Å². The van der Waals surface area contributed by atoms with Crippen LogP contribution in [0.2, 0.25) is 0 Å². The maximum absolute atomic E-state index is 7.00. The summed E-state index contributed by atoms with van der Waals surface area (Å²) in [5, 5.41) is 6.60. The minimum atomic E-state index is -0.0521. The van der Waals surface area contributed by atoms with Gasteiger partial charge in [0, 0.05) is 49.0 Å². The van der Waals surface area contributed by atoms with E-state index in [1.807, 2.05) is 24.3 Å². The fourth-order valence-corrected chi connectivity index (χ4v) is 9.85. The SMILES string of the molecule is C1=C(c2ccccc2)CC2C(=C1)OC1=C2/N=C(/c2cccc3c2oc2ccc(-c4ccc5oc6ccccc6c5c4)cc23)CCC/C=C1\c1cccc2c1oc1ccccc12. The zero-order valence-corrected chi connectivity index (χ0v) is 33.2. The molecule has 5 nitrogen and oxygen atoms in total. The first-order chi connectivity index (χ1) is 30.2. The molecule has 0 saturated heterocycles. The van der Waals surface area contributed by atoms with E-state index in [0.717, 1.165) is 142 Å². The average Bonchev–Trinajstić information content (AvgIpc) is 4.09. The van der Waals surface area contributed by atoms with Gasteiger partial charge < -0.3 is 18.0 Å². The van der Waals surface area contributed by atoms with Crippen molar-refractivity contribution in [3.05, 3.63) is 204 Å². The summed E-state index contributed by atoms with van der Waals surface area (Å²) in [6.07, 6.45) is 10.0. The maximum Gasteiger partial charge on any atom is 0.156 e. The van der Waals surface area contributed by atoms with Crippen LogP contribution in [0.1, 0.15) is 42.4 Å². The second-order valence-electron chi connectivity index (χ2n) is 16.4. The molecule has 13 rings (SSSR count). The van der Waals surface area contributed by atoms with Crippen LogP contribution in [-0.4, -0.2) is 5.71 Å². The summed E-state index contributed by atoms with van der Waals surface area (Å²) in [7, 11) is 0. The number of rotatable bonds is 4. The molecule has 3 aromatic heterocycles. The highest BCUT2D eigenvalue weighted by atomic mass is 16.5. The van der Waals surface area contributed by atoms with Crippen molar-refractivity contribution in [3.63, 3.8) is 0 Å². The molecule has 0 N–H and O–H groups in total. The lowest BCUT2D eigenvalue weighted by atomic mass is 9.86. The lowest BCUT2D eigenvalue weighted by Crippen LogP contribution is -2.09. The van der Waals surface area contributed by atoms with Crippen LogP contribution in [0.4, 0.5) is 0 Å². The molecule has 5 heterocycles. The normalized spacial score (nSPS) is 18.6. The van der Waals surface area contributed by atoms with Gasteiger partial charge in [-0.3, -0.25) is 4.99 Å². The molecular weight excluding hydrogens is 751 g/mol. The number of ether oxygens (including phenoxy) is 1. The average molecular weight is 788 g/mol. The standard InChI is InChI=1S/C56H37NO4/c1-2-12-33(13-3-1)34-24-29-52-46(32-34)53-56(61-52)41(40-18-10-17-39-37-14-5-9-23-49(37)59-54(39)40)16-4-7-21-47(57-53)43-20-11-19-42-45-31-36(26-28-51(45)60-55(42)43)35-25-27-50-44(30-35)38-15-6-8-22-48(38)58-50/h1-3,5-6,8-20,22-31,46H,4,7,21,32H2/b41-16+,57-47+. The van der Waals surface area contributed by atoms with E-state index in [4.69, 9.17) is 23.0 Å². The Kier molecular flexibility index (Phi) is 7.55. The van der Waals surface area contributed by atoms with E-state index < -0.39 is 0 Å². The van der Waals surface area contributed by atoms with E-state index in [-0.39, 0.29) is 5.92 Å². The molecule has 61 heavy (non-hydrogen) atoms. The van der Waals surface area contributed by atoms with Crippen LogP contribution in [-0.2, 0) is 4.74 Å². The van der Waals surface area contributed by atoms with Gasteiger partial charge >= 0.3 is 0 Å². The zero-order valence-electron chi connectivity index (χ0n) is 33.2. The molecule has 7 aromatic carbocycles. The molecule has 5 heteroatoms. The Balaban J connectivity index is 0.963. The number of hydrogen-bond donors (Lipinski definition) is 0. The molecule has 0 spiro atoms. The Hall–Kier alpha value is -7.63. The quantitative estimate of drug-likeness (QED) is 0.178. The van der Waals surface area contributed by atoms with E-state index in [9.17, 15) is 0 Å². The van der Waals surface area contributed by atoms with E-state index in [2.05, 4.69) is 146 Å². The number of benzene rings is 7. The van der Waals surface area contributed by atoms with Crippen molar-refractivity contribution in [1.29, 1.82) is 0 Å². The molecule has 0 bridgehead atoms. The van der Waals surface area contributed by atoms with Crippen molar-refractivity contribution in [2.75, 3.05) is 0 Å². The molecule has 0 saturated carbocycles. The van der Waals surface area contributed by atoms with Gasteiger partial charge in [-0.25, -0.2) is 0 Å². The Morgan fingerprint density at radius 1 is 0.492 bits per heavy atom. The smallest absolute Gasteiger partial charge is 0.156 e. The number of furan rings is 3. The summed E-state index contributed by atoms with van der Waals surface area (Å²) in [6, 6.07) is 53.1. The molecule has 0 fully saturated rings. The Morgan fingerprint density at radius 2 is 1.10 bits per heavy atom. The van der Waals surface area contributed by atoms with Gasteiger partial charge in [0.25, 0.3) is 0 Å². The number of nitrogens with zero attached hydrogens (tertiary/aromatic N) is 1. The first-order valence-corrected chi connectivity index (χ1v) is 21.2. The highest BCUT2D eigenvalue weighted by Crippen LogP contribution is 2.50. The van der Waals surface area contributed by atoms with E-state index in [1.165, 1.54) is 11.1 Å². The third-order valence-corrected chi connectivity index (χ3v) is 12.8. The molecular formula is C56H37NO4. The molecule has 2 aliphatic heterocycles. The van der Waals surface area contributed by atoms with E-state index in [0.29, 0.717) is 0 Å². The van der Waals surface area contributed by atoms with Crippen LogP contribution < -0.4 is 0 Å². The monoisotopic (exact) mass is 787 g/mol. The Morgan fingerprint density at radius 3 is 1.89 bits per heavy atom. The van der Waals surface area contributed by atoms with Crippen molar-refractivity contribution < 1.29 is 18.0 Å². The van der Waals surface area contributed by atoms with E-state index in [1.54, 1.807) is 0 Å². The predicted molar refractivity (Wildman–Crippen MR) is 247 cm³/mol. The Labute approximate surface area is 350 Å². The molecule has 1 unspecified atom stereocenters. The van der Waals surface area contributed by atoms with Crippen LogP contribution in [0, 0.1) is 5.92 Å². The van der Waals surface area contributed by atoms with E-state index >= 15 is 0 Å². The summed E-state index contributed by atoms with van der Waals surface area (Å²) >= 11 is 0. The fraction of sp³-hybridized carbons (Fsp3) is 0.0893. The van der Waals surface area contributed by atoms with Crippen LogP contribution in [0.5, 0.6) is 0 Å². The molecule has 10 aromatic rings. The first-order valence-electron chi connectivity index (χ1n) is 21.2. The van der Waals surface area contributed by atoms with Gasteiger partial charge in [0.15, 0.2) is 5.76 Å². The second kappa shape index (κ2) is 13.4. The van der Waals surface area contributed by atoms with Crippen LogP contribution in [0.25, 0.3) is 88.1 Å². The summed E-state index contributed by atoms with van der Waals surface area (Å²) in [5.41, 5.74) is 15.0. The highest BCUT2D eigenvalue weighted by molar-refractivity contribution is 6.16. The molecule has 0 amide bonds. The number of allylic oxidation sites excluding steroid dienone is 5. The van der Waals surface area contributed by atoms with Gasteiger partial charge in [-0.15, -0.1) is 0 Å². The lowest BCUT2D eigenvalue weighted by molar-refractivity contribution is 0.320. The van der Waals surface area contributed by atoms with Gasteiger partial charge in [-0.2, -0.15) is 0 Å². The second-order valence-corrected chi connectivity index (χ2v) is 16.4. The van der Waals surface area contributed by atoms with Gasteiger partial charge in [-0.1, -0.05) is 121 Å². The Bertz CT molecular complexity index is 3620. The summed E-state index contributed by atoms with van der Waals surface area (Å²) in [6.45, 7) is 0.